The van der Waals surface area contributed by atoms with E-state index in [0.717, 1.165) is 11.3 Å². The normalized spacial score (nSPS) is 24.8. The molecule has 7 heteroatoms. The minimum atomic E-state index is -3.61. The quantitative estimate of drug-likeness (QED) is 0.845. The molecule has 1 saturated heterocycles. The molecule has 112 valence electrons. The van der Waals surface area contributed by atoms with Crippen molar-refractivity contribution in [3.05, 3.63) is 22.7 Å². The molecular formula is C13H19ClN2O2S2. The van der Waals surface area contributed by atoms with Gasteiger partial charge in [-0.25, -0.2) is 8.42 Å². The van der Waals surface area contributed by atoms with E-state index in [9.17, 15) is 8.42 Å². The molecule has 1 fully saturated rings. The monoisotopic (exact) mass is 334 g/mol. The number of aryl methyl sites for hydroxylation is 1. The predicted molar refractivity (Wildman–Crippen MR) is 85.9 cm³/mol. The summed E-state index contributed by atoms with van der Waals surface area (Å²) in [5.41, 5.74) is 7.06. The van der Waals surface area contributed by atoms with Gasteiger partial charge in [0.15, 0.2) is 0 Å². The lowest BCUT2D eigenvalue weighted by Gasteiger charge is -2.36. The number of halogens is 1. The van der Waals surface area contributed by atoms with Crippen LogP contribution in [0.1, 0.15) is 19.4 Å². The van der Waals surface area contributed by atoms with Crippen molar-refractivity contribution >= 4 is 39.1 Å². The Hall–Kier alpha value is -0.430. The molecule has 1 heterocycles. The Bertz CT molecular complexity index is 619. The van der Waals surface area contributed by atoms with Gasteiger partial charge in [-0.2, -0.15) is 16.1 Å². The first kappa shape index (κ1) is 15.9. The average molecular weight is 335 g/mol. The Kier molecular flexibility index (Phi) is 4.59. The van der Waals surface area contributed by atoms with Crippen LogP contribution < -0.4 is 5.73 Å². The van der Waals surface area contributed by atoms with E-state index in [0.29, 0.717) is 12.2 Å². The number of rotatable bonds is 2. The lowest BCUT2D eigenvalue weighted by molar-refractivity contribution is 0.340. The Morgan fingerprint density at radius 1 is 1.40 bits per heavy atom. The summed E-state index contributed by atoms with van der Waals surface area (Å²) < 4.78 is 27.1. The van der Waals surface area contributed by atoms with Crippen LogP contribution in [0, 0.1) is 6.92 Å². The van der Waals surface area contributed by atoms with E-state index < -0.39 is 10.0 Å². The fraction of sp³-hybridized carbons (Fsp3) is 0.538. The SMILES string of the molecule is Cc1cc(Cl)c(S(=O)(=O)N2CCSC(C)C2C)cc1N. The predicted octanol–water partition coefficient (Wildman–Crippen LogP) is 2.75. The third-order valence-electron chi connectivity index (χ3n) is 3.73. The number of nitrogens with zero attached hydrogens (tertiary/aromatic N) is 1. The number of nitrogen functional groups attached to an aromatic ring is 1. The van der Waals surface area contributed by atoms with Crippen molar-refractivity contribution in [1.82, 2.24) is 4.31 Å². The minimum Gasteiger partial charge on any atom is -0.398 e. The number of hydrogen-bond acceptors (Lipinski definition) is 4. The summed E-state index contributed by atoms with van der Waals surface area (Å²) in [6.45, 7) is 6.28. The van der Waals surface area contributed by atoms with Crippen LogP contribution in [0.15, 0.2) is 17.0 Å². The first-order chi connectivity index (χ1) is 9.25. The van der Waals surface area contributed by atoms with E-state index >= 15 is 0 Å². The van der Waals surface area contributed by atoms with E-state index in [-0.39, 0.29) is 21.2 Å². The highest BCUT2D eigenvalue weighted by atomic mass is 35.5. The van der Waals surface area contributed by atoms with Gasteiger partial charge in [0.25, 0.3) is 0 Å². The summed E-state index contributed by atoms with van der Waals surface area (Å²) in [5.74, 6) is 0.795. The maximum Gasteiger partial charge on any atom is 0.244 e. The van der Waals surface area contributed by atoms with Crippen molar-refractivity contribution in [3.63, 3.8) is 0 Å². The van der Waals surface area contributed by atoms with Crippen molar-refractivity contribution < 1.29 is 8.42 Å². The lowest BCUT2D eigenvalue weighted by Crippen LogP contribution is -2.47. The molecular weight excluding hydrogens is 316 g/mol. The molecule has 0 amide bonds. The standard InChI is InChI=1S/C13H19ClN2O2S2/c1-8-6-11(14)13(7-12(8)15)20(17,18)16-4-5-19-10(3)9(16)2/h6-7,9-10H,4-5,15H2,1-3H3. The fourth-order valence-electron chi connectivity index (χ4n) is 2.24. The summed E-state index contributed by atoms with van der Waals surface area (Å²) in [6.07, 6.45) is 0. The molecule has 2 N–H and O–H groups in total. The number of hydrogen-bond donors (Lipinski definition) is 1. The third kappa shape index (κ3) is 2.79. The lowest BCUT2D eigenvalue weighted by atomic mass is 10.2. The molecule has 0 spiro atoms. The number of benzene rings is 1. The van der Waals surface area contributed by atoms with Gasteiger partial charge >= 0.3 is 0 Å². The van der Waals surface area contributed by atoms with E-state index in [4.69, 9.17) is 17.3 Å². The van der Waals surface area contributed by atoms with Crippen molar-refractivity contribution in [1.29, 1.82) is 0 Å². The Morgan fingerprint density at radius 2 is 2.05 bits per heavy atom. The molecule has 0 saturated carbocycles. The smallest absolute Gasteiger partial charge is 0.244 e. The van der Waals surface area contributed by atoms with Crippen LogP contribution in [0.2, 0.25) is 5.02 Å². The summed E-state index contributed by atoms with van der Waals surface area (Å²) in [5, 5.41) is 0.495. The van der Waals surface area contributed by atoms with Gasteiger partial charge in [-0.15, -0.1) is 0 Å². The molecule has 1 aromatic carbocycles. The summed E-state index contributed by atoms with van der Waals surface area (Å²) in [4.78, 5) is 0.105. The molecule has 0 aromatic heterocycles. The molecule has 20 heavy (non-hydrogen) atoms. The Balaban J connectivity index is 2.47. The zero-order valence-electron chi connectivity index (χ0n) is 11.8. The fourth-order valence-corrected chi connectivity index (χ4v) is 5.83. The molecule has 1 aromatic rings. The van der Waals surface area contributed by atoms with Crippen LogP contribution in [0.25, 0.3) is 0 Å². The summed E-state index contributed by atoms with van der Waals surface area (Å²) in [7, 11) is -3.61. The largest absolute Gasteiger partial charge is 0.398 e. The highest BCUT2D eigenvalue weighted by Gasteiger charge is 2.36. The maximum atomic E-state index is 12.8. The number of sulfonamides is 1. The maximum absolute atomic E-state index is 12.8. The van der Waals surface area contributed by atoms with Gasteiger partial charge in [0.05, 0.1) is 5.02 Å². The van der Waals surface area contributed by atoms with Gasteiger partial charge in [-0.05, 0) is 31.5 Å². The zero-order chi connectivity index (χ0) is 15.1. The minimum absolute atomic E-state index is 0.0580. The molecule has 1 aliphatic rings. The number of thioether (sulfide) groups is 1. The highest BCUT2D eigenvalue weighted by Crippen LogP contribution is 2.33. The van der Waals surface area contributed by atoms with Crippen molar-refractivity contribution in [2.24, 2.45) is 0 Å². The van der Waals surface area contributed by atoms with Crippen LogP contribution in [0.4, 0.5) is 5.69 Å². The first-order valence-electron chi connectivity index (χ1n) is 6.44. The molecule has 2 rings (SSSR count). The highest BCUT2D eigenvalue weighted by molar-refractivity contribution is 8.00. The van der Waals surface area contributed by atoms with Crippen LogP contribution >= 0.6 is 23.4 Å². The molecule has 0 bridgehead atoms. The van der Waals surface area contributed by atoms with E-state index in [1.165, 1.54) is 10.4 Å². The Labute approximate surface area is 129 Å². The molecule has 4 nitrogen and oxygen atoms in total. The first-order valence-corrected chi connectivity index (χ1v) is 9.31. The van der Waals surface area contributed by atoms with Crippen LogP contribution in [-0.4, -0.2) is 36.3 Å². The zero-order valence-corrected chi connectivity index (χ0v) is 14.1. The van der Waals surface area contributed by atoms with E-state index in [2.05, 4.69) is 0 Å². The van der Waals surface area contributed by atoms with Gasteiger partial charge in [0, 0.05) is 29.3 Å². The van der Waals surface area contributed by atoms with Gasteiger partial charge in [0.1, 0.15) is 4.90 Å². The van der Waals surface area contributed by atoms with Crippen LogP contribution in [0.3, 0.4) is 0 Å². The van der Waals surface area contributed by atoms with E-state index in [1.54, 1.807) is 24.8 Å². The van der Waals surface area contributed by atoms with E-state index in [1.807, 2.05) is 13.8 Å². The molecule has 0 aliphatic carbocycles. The van der Waals surface area contributed by atoms with Crippen molar-refractivity contribution in [3.8, 4) is 0 Å². The van der Waals surface area contributed by atoms with Crippen molar-refractivity contribution in [2.45, 2.75) is 37.0 Å². The van der Waals surface area contributed by atoms with Crippen LogP contribution in [-0.2, 0) is 10.0 Å². The second-order valence-corrected chi connectivity index (χ2v) is 8.82. The second kappa shape index (κ2) is 5.75. The Morgan fingerprint density at radius 3 is 2.70 bits per heavy atom. The molecule has 2 atom stereocenters. The van der Waals surface area contributed by atoms with Gasteiger partial charge in [-0.3, -0.25) is 0 Å². The van der Waals surface area contributed by atoms with Gasteiger partial charge < -0.3 is 5.73 Å². The number of anilines is 1. The molecule has 1 aliphatic heterocycles. The summed E-state index contributed by atoms with van der Waals surface area (Å²) in [6, 6.07) is 3.01. The molecule has 0 radical (unpaired) electrons. The third-order valence-corrected chi connectivity index (χ3v) is 7.52. The summed E-state index contributed by atoms with van der Waals surface area (Å²) >= 11 is 7.91. The number of nitrogens with two attached hydrogens (primary N) is 1. The van der Waals surface area contributed by atoms with Crippen LogP contribution in [0.5, 0.6) is 0 Å². The van der Waals surface area contributed by atoms with Crippen molar-refractivity contribution in [2.75, 3.05) is 18.0 Å². The topological polar surface area (TPSA) is 63.4 Å². The second-order valence-electron chi connectivity index (χ2n) is 5.07. The van der Waals surface area contributed by atoms with Gasteiger partial charge in [-0.1, -0.05) is 18.5 Å². The molecule has 2 unspecified atom stereocenters. The average Bonchev–Trinajstić information content (AvgIpc) is 2.36. The van der Waals surface area contributed by atoms with Gasteiger partial charge in [0.2, 0.25) is 10.0 Å².